The molecule has 4 aromatic carbocycles. The molecule has 1 spiro atoms. The number of benzene rings is 4. The number of ketones is 2. The molecule has 0 aromatic heterocycles. The number of non-ortho nitro benzene ring substituents is 1. The van der Waals surface area contributed by atoms with E-state index in [1.165, 1.54) is 36.4 Å². The maximum Gasteiger partial charge on any atom is 0.270 e. The molecule has 0 saturated carbocycles. The summed E-state index contributed by atoms with van der Waals surface area (Å²) in [5, 5.41) is 14.5. The van der Waals surface area contributed by atoms with Gasteiger partial charge in [0.15, 0.2) is 11.6 Å². The van der Waals surface area contributed by atoms with Crippen LogP contribution in [0.25, 0.3) is 6.08 Å². The molecule has 9 heteroatoms. The lowest BCUT2D eigenvalue weighted by atomic mass is 9.64. The molecule has 4 atom stereocenters. The summed E-state index contributed by atoms with van der Waals surface area (Å²) in [5.41, 5.74) is 0.940. The molecule has 1 saturated heterocycles. The van der Waals surface area contributed by atoms with Crippen LogP contribution in [0.4, 0.5) is 21.5 Å². The third-order valence-electron chi connectivity index (χ3n) is 8.56. The van der Waals surface area contributed by atoms with Gasteiger partial charge in [0.05, 0.1) is 16.9 Å². The van der Waals surface area contributed by atoms with Crippen LogP contribution >= 0.6 is 0 Å². The van der Waals surface area contributed by atoms with Crippen LogP contribution in [0.5, 0.6) is 0 Å². The van der Waals surface area contributed by atoms with Crippen LogP contribution in [-0.2, 0) is 10.2 Å². The van der Waals surface area contributed by atoms with Crippen LogP contribution in [0.1, 0.15) is 31.8 Å². The van der Waals surface area contributed by atoms with Crippen LogP contribution in [0, 0.1) is 21.8 Å². The van der Waals surface area contributed by atoms with E-state index >= 15 is 0 Å². The number of amides is 1. The Morgan fingerprint density at radius 3 is 2.40 bits per heavy atom. The fourth-order valence-electron chi connectivity index (χ4n) is 6.86. The number of nitro groups is 1. The lowest BCUT2D eigenvalue weighted by Gasteiger charge is -2.37. The van der Waals surface area contributed by atoms with E-state index in [1.807, 2.05) is 41.3 Å². The fraction of sp³-hybridized carbons (Fsp3) is 0.121. The normalized spacial score (nSPS) is 23.2. The Morgan fingerprint density at radius 1 is 0.881 bits per heavy atom. The first-order valence-corrected chi connectivity index (χ1v) is 13.4. The smallest absolute Gasteiger partial charge is 0.270 e. The number of nitrogens with one attached hydrogen (secondary N) is 1. The number of anilines is 2. The second-order valence-electron chi connectivity index (χ2n) is 10.6. The van der Waals surface area contributed by atoms with E-state index < -0.39 is 51.6 Å². The lowest BCUT2D eigenvalue weighted by molar-refractivity contribution is -0.384. The Labute approximate surface area is 239 Å². The van der Waals surface area contributed by atoms with E-state index in [9.17, 15) is 28.9 Å². The van der Waals surface area contributed by atoms with Gasteiger partial charge in [-0.3, -0.25) is 24.5 Å². The third kappa shape index (κ3) is 3.49. The summed E-state index contributed by atoms with van der Waals surface area (Å²) in [4.78, 5) is 56.4. The molecule has 1 N–H and O–H groups in total. The largest absolute Gasteiger partial charge is 0.352 e. The monoisotopic (exact) mass is 559 g/mol. The molecule has 206 valence electrons. The lowest BCUT2D eigenvalue weighted by Crippen LogP contribution is -2.51. The number of carbonyl (C=O) groups is 3. The number of nitrogens with zero attached hydrogens (tertiary/aromatic N) is 2. The number of rotatable bonds is 5. The van der Waals surface area contributed by atoms with Gasteiger partial charge in [-0.1, -0.05) is 60.7 Å². The summed E-state index contributed by atoms with van der Waals surface area (Å²) in [6.07, 6.45) is 3.72. The number of nitro benzene ring substituents is 1. The van der Waals surface area contributed by atoms with Crippen LogP contribution < -0.4 is 10.2 Å². The van der Waals surface area contributed by atoms with Crippen LogP contribution in [0.15, 0.2) is 103 Å². The quantitative estimate of drug-likeness (QED) is 0.194. The molecule has 8 nitrogen and oxygen atoms in total. The molecule has 0 unspecified atom stereocenters. The van der Waals surface area contributed by atoms with Crippen LogP contribution in [0.2, 0.25) is 0 Å². The summed E-state index contributed by atoms with van der Waals surface area (Å²) in [7, 11) is 0. The standard InChI is InChI=1S/C33H22FN3O5/c34-22-15-12-20(13-16-22)30(38)28-29(31(39)21-7-5-8-23(18-21)37(41)42)36-26-11-4-1-6-19(26)14-17-27(36)33(28)24-9-2-3-10-25(24)35-32(33)40/h1-18,27-29H,(H,35,40)/t27-,28+,29-,33-/m0/s1. The van der Waals surface area contributed by atoms with E-state index in [1.54, 1.807) is 24.3 Å². The minimum absolute atomic E-state index is 0.0423. The molecule has 1 amide bonds. The number of hydrogen-bond acceptors (Lipinski definition) is 6. The summed E-state index contributed by atoms with van der Waals surface area (Å²) in [6.45, 7) is 0. The number of fused-ring (bicyclic) bond motifs is 6. The number of Topliss-reactive ketones (excluding diaryl/α,β-unsaturated/α-hetero) is 2. The second-order valence-corrected chi connectivity index (χ2v) is 10.6. The molecule has 7 rings (SSSR count). The predicted octanol–water partition coefficient (Wildman–Crippen LogP) is 5.59. The Bertz CT molecular complexity index is 1850. The highest BCUT2D eigenvalue weighted by atomic mass is 19.1. The van der Waals surface area contributed by atoms with Crippen molar-refractivity contribution in [1.29, 1.82) is 0 Å². The minimum Gasteiger partial charge on any atom is -0.352 e. The zero-order valence-corrected chi connectivity index (χ0v) is 21.9. The Balaban J connectivity index is 1.53. The van der Waals surface area contributed by atoms with Crippen molar-refractivity contribution >= 4 is 40.6 Å². The van der Waals surface area contributed by atoms with Crippen molar-refractivity contribution in [3.63, 3.8) is 0 Å². The van der Waals surface area contributed by atoms with Gasteiger partial charge in [-0.2, -0.15) is 0 Å². The van der Waals surface area contributed by atoms with Gasteiger partial charge in [-0.25, -0.2) is 4.39 Å². The van der Waals surface area contributed by atoms with Gasteiger partial charge in [0.2, 0.25) is 5.91 Å². The first-order valence-electron chi connectivity index (χ1n) is 13.4. The number of para-hydroxylation sites is 2. The molecule has 0 radical (unpaired) electrons. The summed E-state index contributed by atoms with van der Waals surface area (Å²) in [5.74, 6) is -3.28. The van der Waals surface area contributed by atoms with Crippen LogP contribution in [0.3, 0.4) is 0 Å². The van der Waals surface area contributed by atoms with Crippen molar-refractivity contribution < 1.29 is 23.7 Å². The molecule has 1 fully saturated rings. The molecule has 3 aliphatic heterocycles. The topological polar surface area (TPSA) is 110 Å². The van der Waals surface area contributed by atoms with E-state index in [-0.39, 0.29) is 16.8 Å². The molecular formula is C33H22FN3O5. The van der Waals surface area contributed by atoms with E-state index in [0.29, 0.717) is 16.9 Å². The Morgan fingerprint density at radius 2 is 1.62 bits per heavy atom. The summed E-state index contributed by atoms with van der Waals surface area (Å²) in [6, 6.07) is 22.9. The SMILES string of the molecule is O=C(c1cccc([N+](=O)[O-])c1)[C@@H]1[C@H](C(=O)c2ccc(F)cc2)[C@@]2(C(=O)Nc3ccccc32)[C@@H]2C=Cc3ccccc3N12. The molecular weight excluding hydrogens is 537 g/mol. The van der Waals surface area contributed by atoms with E-state index in [2.05, 4.69) is 5.32 Å². The van der Waals surface area contributed by atoms with Gasteiger partial charge < -0.3 is 10.2 Å². The molecule has 42 heavy (non-hydrogen) atoms. The fourth-order valence-corrected chi connectivity index (χ4v) is 6.86. The first kappa shape index (κ1) is 25.5. The zero-order valence-electron chi connectivity index (χ0n) is 21.9. The zero-order chi connectivity index (χ0) is 29.2. The van der Waals surface area contributed by atoms with Gasteiger partial charge in [0.1, 0.15) is 17.3 Å². The van der Waals surface area contributed by atoms with Gasteiger partial charge in [0, 0.05) is 34.6 Å². The second kappa shape index (κ2) is 9.31. The van der Waals surface area contributed by atoms with Gasteiger partial charge >= 0.3 is 0 Å². The average Bonchev–Trinajstić information content (AvgIpc) is 3.49. The maximum atomic E-state index is 14.6. The first-order chi connectivity index (χ1) is 20.3. The average molecular weight is 560 g/mol. The number of hydrogen-bond donors (Lipinski definition) is 1. The summed E-state index contributed by atoms with van der Waals surface area (Å²) < 4.78 is 13.9. The summed E-state index contributed by atoms with van der Waals surface area (Å²) >= 11 is 0. The van der Waals surface area contributed by atoms with Crippen molar-refractivity contribution in [2.24, 2.45) is 5.92 Å². The van der Waals surface area contributed by atoms with Crippen molar-refractivity contribution in [3.05, 3.63) is 141 Å². The van der Waals surface area contributed by atoms with E-state index in [0.717, 1.165) is 17.7 Å². The van der Waals surface area contributed by atoms with Crippen molar-refractivity contribution in [2.75, 3.05) is 10.2 Å². The Kier molecular flexibility index (Phi) is 5.65. The molecule has 3 heterocycles. The number of halogens is 1. The van der Waals surface area contributed by atoms with Crippen molar-refractivity contribution in [1.82, 2.24) is 0 Å². The molecule has 4 aromatic rings. The van der Waals surface area contributed by atoms with E-state index in [4.69, 9.17) is 0 Å². The van der Waals surface area contributed by atoms with Crippen LogP contribution in [-0.4, -0.2) is 34.5 Å². The predicted molar refractivity (Wildman–Crippen MR) is 154 cm³/mol. The third-order valence-corrected chi connectivity index (χ3v) is 8.56. The van der Waals surface area contributed by atoms with Crippen molar-refractivity contribution in [2.45, 2.75) is 17.5 Å². The number of carbonyl (C=O) groups excluding carboxylic acids is 3. The molecule has 0 bridgehead atoms. The van der Waals surface area contributed by atoms with Gasteiger partial charge in [0.25, 0.3) is 5.69 Å². The highest BCUT2D eigenvalue weighted by Crippen LogP contribution is 2.58. The Hall–Kier alpha value is -5.44. The maximum absolute atomic E-state index is 14.6. The highest BCUT2D eigenvalue weighted by molar-refractivity contribution is 6.18. The van der Waals surface area contributed by atoms with Gasteiger partial charge in [-0.15, -0.1) is 0 Å². The van der Waals surface area contributed by atoms with Gasteiger partial charge in [-0.05, 0) is 47.5 Å². The highest BCUT2D eigenvalue weighted by Gasteiger charge is 2.70. The minimum atomic E-state index is -1.53. The molecule has 0 aliphatic carbocycles. The van der Waals surface area contributed by atoms with Crippen molar-refractivity contribution in [3.8, 4) is 0 Å². The molecule has 3 aliphatic rings.